The van der Waals surface area contributed by atoms with Crippen molar-refractivity contribution in [2.24, 2.45) is 0 Å². The van der Waals surface area contributed by atoms with E-state index in [0.717, 1.165) is 17.2 Å². The van der Waals surface area contributed by atoms with Crippen LogP contribution < -0.4 is 4.74 Å². The lowest BCUT2D eigenvalue weighted by molar-refractivity contribution is -0.187. The fraction of sp³-hybridized carbons (Fsp3) is 0.167. The highest BCUT2D eigenvalue weighted by Gasteiger charge is 2.48. The molecule has 1 aliphatic rings. The average molecular weight is 413 g/mol. The smallest absolute Gasteiger partial charge is 0.430 e. The Morgan fingerprint density at radius 1 is 1.20 bits per heavy atom. The Bertz CT molecular complexity index is 845. The number of aliphatic carboxylic acids is 1. The fourth-order valence-electron chi connectivity index (χ4n) is 2.63. The van der Waals surface area contributed by atoms with Crippen molar-refractivity contribution in [3.8, 4) is 5.75 Å². The molecule has 0 amide bonds. The minimum absolute atomic E-state index is 0.0152. The number of hydrogen-bond acceptors (Lipinski definition) is 2. The zero-order chi connectivity index (χ0) is 18.2. The van der Waals surface area contributed by atoms with Crippen LogP contribution in [0.5, 0.6) is 5.75 Å². The second-order valence-electron chi connectivity index (χ2n) is 5.59. The molecule has 0 aliphatic carbocycles. The van der Waals surface area contributed by atoms with Gasteiger partial charge in [0.1, 0.15) is 5.75 Å². The normalized spacial score (nSPS) is 16.6. The van der Waals surface area contributed by atoms with Gasteiger partial charge in [-0.05, 0) is 35.8 Å². The van der Waals surface area contributed by atoms with E-state index >= 15 is 0 Å². The zero-order valence-corrected chi connectivity index (χ0v) is 14.3. The van der Waals surface area contributed by atoms with Crippen molar-refractivity contribution < 1.29 is 27.8 Å². The molecule has 1 atom stereocenters. The van der Waals surface area contributed by atoms with Gasteiger partial charge in [0.15, 0.2) is 0 Å². The maximum absolute atomic E-state index is 13.1. The molecule has 2 aromatic rings. The second kappa shape index (κ2) is 6.55. The van der Waals surface area contributed by atoms with Gasteiger partial charge in [-0.2, -0.15) is 13.2 Å². The van der Waals surface area contributed by atoms with Crippen LogP contribution in [0.1, 0.15) is 16.7 Å². The van der Waals surface area contributed by atoms with E-state index in [4.69, 9.17) is 9.84 Å². The standard InChI is InChI=1S/C18H12BrF3O3/c19-14-8-12-7-13(17(23)24)16(18(20,21)22)25-15(12)9-11(14)6-10-4-2-1-3-5-10/h1-5,7-9,16H,6H2,(H,23,24). The van der Waals surface area contributed by atoms with Crippen molar-refractivity contribution in [2.75, 3.05) is 0 Å². The summed E-state index contributed by atoms with van der Waals surface area (Å²) in [6.07, 6.45) is -5.78. The number of alkyl halides is 3. The van der Waals surface area contributed by atoms with Crippen LogP contribution in [0.25, 0.3) is 6.08 Å². The minimum Gasteiger partial charge on any atom is -0.478 e. The van der Waals surface area contributed by atoms with E-state index in [1.807, 2.05) is 30.3 Å². The first-order valence-electron chi connectivity index (χ1n) is 7.30. The summed E-state index contributed by atoms with van der Waals surface area (Å²) in [4.78, 5) is 11.2. The van der Waals surface area contributed by atoms with Gasteiger partial charge in [-0.3, -0.25) is 0 Å². The Morgan fingerprint density at radius 2 is 1.88 bits per heavy atom. The molecule has 130 valence electrons. The molecule has 25 heavy (non-hydrogen) atoms. The van der Waals surface area contributed by atoms with Crippen LogP contribution in [0.3, 0.4) is 0 Å². The largest absolute Gasteiger partial charge is 0.478 e. The van der Waals surface area contributed by atoms with Gasteiger partial charge in [-0.1, -0.05) is 46.3 Å². The van der Waals surface area contributed by atoms with Gasteiger partial charge >= 0.3 is 12.1 Å². The first-order chi connectivity index (χ1) is 11.8. The summed E-state index contributed by atoms with van der Waals surface area (Å²) in [6.45, 7) is 0. The third kappa shape index (κ3) is 3.71. The molecule has 0 radical (unpaired) electrons. The van der Waals surface area contributed by atoms with E-state index in [0.29, 0.717) is 16.5 Å². The van der Waals surface area contributed by atoms with Gasteiger partial charge in [0.25, 0.3) is 0 Å². The lowest BCUT2D eigenvalue weighted by Crippen LogP contribution is -2.40. The predicted octanol–water partition coefficient (Wildman–Crippen LogP) is 4.83. The van der Waals surface area contributed by atoms with Crippen molar-refractivity contribution in [3.05, 3.63) is 69.2 Å². The third-order valence-electron chi connectivity index (χ3n) is 3.80. The summed E-state index contributed by atoms with van der Waals surface area (Å²) in [6, 6.07) is 12.5. The van der Waals surface area contributed by atoms with Crippen LogP contribution in [0.2, 0.25) is 0 Å². The molecule has 0 fully saturated rings. The van der Waals surface area contributed by atoms with E-state index < -0.39 is 23.8 Å². The molecule has 0 bridgehead atoms. The quantitative estimate of drug-likeness (QED) is 0.784. The van der Waals surface area contributed by atoms with Crippen LogP contribution in [-0.2, 0) is 11.2 Å². The maximum Gasteiger partial charge on any atom is 0.430 e. The molecule has 3 rings (SSSR count). The van der Waals surface area contributed by atoms with Crippen LogP contribution in [0.4, 0.5) is 13.2 Å². The molecule has 1 N–H and O–H groups in total. The van der Waals surface area contributed by atoms with Gasteiger partial charge in [-0.15, -0.1) is 0 Å². The van der Waals surface area contributed by atoms with Crippen LogP contribution >= 0.6 is 15.9 Å². The third-order valence-corrected chi connectivity index (χ3v) is 4.54. The number of carboxylic acid groups (broad SMARTS) is 1. The molecule has 0 saturated carbocycles. The van der Waals surface area contributed by atoms with Crippen molar-refractivity contribution >= 4 is 28.0 Å². The first-order valence-corrected chi connectivity index (χ1v) is 8.09. The highest BCUT2D eigenvalue weighted by Crippen LogP contribution is 2.39. The van der Waals surface area contributed by atoms with Crippen LogP contribution in [0.15, 0.2) is 52.5 Å². The molecule has 2 aromatic carbocycles. The zero-order valence-electron chi connectivity index (χ0n) is 12.7. The number of benzene rings is 2. The Kier molecular flexibility index (Phi) is 4.60. The molecule has 7 heteroatoms. The van der Waals surface area contributed by atoms with E-state index in [-0.39, 0.29) is 5.75 Å². The Morgan fingerprint density at radius 3 is 2.48 bits per heavy atom. The summed E-state index contributed by atoms with van der Waals surface area (Å²) in [5.74, 6) is -1.64. The molecule has 1 aliphatic heterocycles. The summed E-state index contributed by atoms with van der Waals surface area (Å²) in [7, 11) is 0. The lowest BCUT2D eigenvalue weighted by atomic mass is 9.98. The molecule has 0 spiro atoms. The number of fused-ring (bicyclic) bond motifs is 1. The summed E-state index contributed by atoms with van der Waals surface area (Å²) < 4.78 is 45.1. The van der Waals surface area contributed by atoms with Gasteiger partial charge < -0.3 is 9.84 Å². The van der Waals surface area contributed by atoms with E-state index in [2.05, 4.69) is 15.9 Å². The van der Waals surface area contributed by atoms with Crippen molar-refractivity contribution in [3.63, 3.8) is 0 Å². The number of carbonyl (C=O) groups is 1. The first kappa shape index (κ1) is 17.5. The number of hydrogen-bond donors (Lipinski definition) is 1. The molecular weight excluding hydrogens is 401 g/mol. The summed E-state index contributed by atoms with van der Waals surface area (Å²) in [5, 5.41) is 9.06. The van der Waals surface area contributed by atoms with Crippen LogP contribution in [-0.4, -0.2) is 23.4 Å². The van der Waals surface area contributed by atoms with Crippen molar-refractivity contribution in [1.82, 2.24) is 0 Å². The highest BCUT2D eigenvalue weighted by molar-refractivity contribution is 9.10. The summed E-state index contributed by atoms with van der Waals surface area (Å²) in [5.41, 5.74) is 1.20. The lowest BCUT2D eigenvalue weighted by Gasteiger charge is -2.27. The molecule has 0 aromatic heterocycles. The number of rotatable bonds is 3. The number of halogens is 4. The molecule has 1 heterocycles. The number of ether oxygens (including phenoxy) is 1. The number of carboxylic acids is 1. The van der Waals surface area contributed by atoms with Gasteiger partial charge in [-0.25, -0.2) is 4.79 Å². The topological polar surface area (TPSA) is 46.5 Å². The SMILES string of the molecule is O=C(O)C1=Cc2cc(Br)c(Cc3ccccc3)cc2OC1C(F)(F)F. The van der Waals surface area contributed by atoms with Gasteiger partial charge in [0.05, 0.1) is 5.57 Å². The fourth-order valence-corrected chi connectivity index (χ4v) is 3.13. The average Bonchev–Trinajstić information content (AvgIpc) is 2.54. The van der Waals surface area contributed by atoms with E-state index in [9.17, 15) is 18.0 Å². The molecular formula is C18H12BrF3O3. The Labute approximate surface area is 149 Å². The van der Waals surface area contributed by atoms with Crippen molar-refractivity contribution in [2.45, 2.75) is 18.7 Å². The Balaban J connectivity index is 2.02. The molecule has 0 saturated heterocycles. The predicted molar refractivity (Wildman–Crippen MR) is 89.5 cm³/mol. The van der Waals surface area contributed by atoms with Crippen LogP contribution in [0, 0.1) is 0 Å². The molecule has 3 nitrogen and oxygen atoms in total. The molecule has 1 unspecified atom stereocenters. The van der Waals surface area contributed by atoms with E-state index in [1.54, 1.807) is 6.07 Å². The summed E-state index contributed by atoms with van der Waals surface area (Å²) >= 11 is 3.39. The van der Waals surface area contributed by atoms with Gasteiger partial charge in [0, 0.05) is 10.0 Å². The minimum atomic E-state index is -4.81. The second-order valence-corrected chi connectivity index (χ2v) is 6.44. The van der Waals surface area contributed by atoms with E-state index in [1.165, 1.54) is 6.07 Å². The monoisotopic (exact) mass is 412 g/mol. The Hall–Kier alpha value is -2.28. The highest BCUT2D eigenvalue weighted by atomic mass is 79.9. The maximum atomic E-state index is 13.1. The van der Waals surface area contributed by atoms with Gasteiger partial charge in [0.2, 0.25) is 6.10 Å². The van der Waals surface area contributed by atoms with Crippen molar-refractivity contribution in [1.29, 1.82) is 0 Å².